The van der Waals surface area contributed by atoms with E-state index in [9.17, 15) is 14.4 Å². The van der Waals surface area contributed by atoms with Gasteiger partial charge in [-0.15, -0.1) is 0 Å². The summed E-state index contributed by atoms with van der Waals surface area (Å²) in [5.41, 5.74) is -0.187. The van der Waals surface area contributed by atoms with Crippen molar-refractivity contribution in [3.63, 3.8) is 0 Å². The minimum Gasteiger partial charge on any atom is -0.480 e. The van der Waals surface area contributed by atoms with Gasteiger partial charge in [-0.25, -0.2) is 9.78 Å². The molecule has 1 atom stereocenters. The van der Waals surface area contributed by atoms with E-state index in [0.29, 0.717) is 0 Å². The largest absolute Gasteiger partial charge is 0.480 e. The van der Waals surface area contributed by atoms with Gasteiger partial charge < -0.3 is 15.2 Å². The molecule has 2 N–H and O–H groups in total. The summed E-state index contributed by atoms with van der Waals surface area (Å²) in [6.45, 7) is 0. The number of rotatable bonds is 6. The minimum absolute atomic E-state index is 0.0361. The van der Waals surface area contributed by atoms with Gasteiger partial charge in [0.05, 0.1) is 12.1 Å². The Balaban J connectivity index is 2.79. The van der Waals surface area contributed by atoms with E-state index in [0.717, 1.165) is 0 Å². The first-order valence-corrected chi connectivity index (χ1v) is 6.53. The number of hydrogen-bond donors (Lipinski definition) is 2. The second kappa shape index (κ2) is 7.80. The lowest BCUT2D eigenvalue weighted by Gasteiger charge is -2.14. The van der Waals surface area contributed by atoms with E-state index in [-0.39, 0.29) is 28.7 Å². The van der Waals surface area contributed by atoms with Crippen molar-refractivity contribution >= 4 is 41.0 Å². The first-order valence-electron chi connectivity index (χ1n) is 5.77. The molecule has 1 heterocycles. The SMILES string of the molecule is COC(=O)CC[C@@H](NC(=O)c1nc(Cl)ccc1Cl)C(=O)O. The Bertz CT molecular complexity index is 565. The Labute approximate surface area is 130 Å². The molecule has 0 spiro atoms. The first-order chi connectivity index (χ1) is 9.85. The Morgan fingerprint density at radius 3 is 2.62 bits per heavy atom. The highest BCUT2D eigenvalue weighted by Crippen LogP contribution is 2.17. The number of esters is 1. The molecule has 0 saturated heterocycles. The average Bonchev–Trinajstić information content (AvgIpc) is 2.44. The zero-order valence-corrected chi connectivity index (χ0v) is 12.4. The molecule has 1 rings (SSSR count). The van der Waals surface area contributed by atoms with Gasteiger partial charge in [-0.1, -0.05) is 23.2 Å². The van der Waals surface area contributed by atoms with E-state index >= 15 is 0 Å². The summed E-state index contributed by atoms with van der Waals surface area (Å²) < 4.78 is 4.41. The number of methoxy groups -OCH3 is 1. The van der Waals surface area contributed by atoms with Gasteiger partial charge in [0.15, 0.2) is 0 Å². The maximum Gasteiger partial charge on any atom is 0.326 e. The van der Waals surface area contributed by atoms with Gasteiger partial charge >= 0.3 is 11.9 Å². The third kappa shape index (κ3) is 5.20. The number of hydrogen-bond acceptors (Lipinski definition) is 5. The Hall–Kier alpha value is -1.86. The summed E-state index contributed by atoms with van der Waals surface area (Å²) >= 11 is 11.5. The Morgan fingerprint density at radius 2 is 2.05 bits per heavy atom. The minimum atomic E-state index is -1.29. The van der Waals surface area contributed by atoms with Crippen molar-refractivity contribution in [2.24, 2.45) is 0 Å². The highest BCUT2D eigenvalue weighted by atomic mass is 35.5. The van der Waals surface area contributed by atoms with Crippen LogP contribution in [-0.2, 0) is 14.3 Å². The van der Waals surface area contributed by atoms with Crippen LogP contribution in [-0.4, -0.2) is 41.1 Å². The van der Waals surface area contributed by atoms with Crippen LogP contribution in [0.1, 0.15) is 23.3 Å². The molecule has 1 aromatic rings. The normalized spacial score (nSPS) is 11.6. The zero-order chi connectivity index (χ0) is 16.0. The summed E-state index contributed by atoms with van der Waals surface area (Å²) in [6.07, 6.45) is -0.267. The zero-order valence-electron chi connectivity index (χ0n) is 10.9. The second-order valence-electron chi connectivity index (χ2n) is 3.94. The number of pyridine rings is 1. The van der Waals surface area contributed by atoms with Crippen molar-refractivity contribution < 1.29 is 24.2 Å². The van der Waals surface area contributed by atoms with E-state index in [2.05, 4.69) is 15.0 Å². The Morgan fingerprint density at radius 1 is 1.38 bits per heavy atom. The molecular weight excluding hydrogens is 323 g/mol. The van der Waals surface area contributed by atoms with Gasteiger partial charge in [-0.05, 0) is 18.6 Å². The number of nitrogens with one attached hydrogen (secondary N) is 1. The number of amides is 1. The summed E-state index contributed by atoms with van der Waals surface area (Å²) in [5, 5.41) is 11.3. The fourth-order valence-corrected chi connectivity index (χ4v) is 1.76. The van der Waals surface area contributed by atoms with Gasteiger partial charge in [-0.2, -0.15) is 0 Å². The van der Waals surface area contributed by atoms with Gasteiger partial charge in [0.25, 0.3) is 5.91 Å². The monoisotopic (exact) mass is 334 g/mol. The molecule has 0 radical (unpaired) electrons. The number of ether oxygens (including phenoxy) is 1. The standard InChI is InChI=1S/C12H12Cl2N2O5/c1-21-9(17)5-3-7(12(19)20)15-11(18)10-6(13)2-4-8(14)16-10/h2,4,7H,3,5H2,1H3,(H,15,18)(H,19,20)/t7-/m1/s1. The molecule has 0 unspecified atom stereocenters. The van der Waals surface area contributed by atoms with Crippen LogP contribution in [0.25, 0.3) is 0 Å². The molecule has 0 fully saturated rings. The van der Waals surface area contributed by atoms with Gasteiger partial charge in [0.1, 0.15) is 16.9 Å². The molecule has 0 saturated carbocycles. The molecule has 7 nitrogen and oxygen atoms in total. The smallest absolute Gasteiger partial charge is 0.326 e. The number of carbonyl (C=O) groups is 3. The number of aromatic nitrogens is 1. The van der Waals surface area contributed by atoms with E-state index in [1.54, 1.807) is 0 Å². The number of halogens is 2. The molecule has 21 heavy (non-hydrogen) atoms. The predicted molar refractivity (Wildman–Crippen MR) is 74.4 cm³/mol. The van der Waals surface area contributed by atoms with E-state index < -0.39 is 23.9 Å². The van der Waals surface area contributed by atoms with Crippen LogP contribution >= 0.6 is 23.2 Å². The van der Waals surface area contributed by atoms with Crippen molar-refractivity contribution in [2.45, 2.75) is 18.9 Å². The van der Waals surface area contributed by atoms with E-state index in [4.69, 9.17) is 28.3 Å². The van der Waals surface area contributed by atoms with Crippen LogP contribution in [0.3, 0.4) is 0 Å². The number of aliphatic carboxylic acids is 1. The number of carboxylic acid groups (broad SMARTS) is 1. The fraction of sp³-hybridized carbons (Fsp3) is 0.333. The molecule has 0 aromatic carbocycles. The first kappa shape index (κ1) is 17.2. The highest BCUT2D eigenvalue weighted by molar-refractivity contribution is 6.34. The molecule has 0 aliphatic carbocycles. The van der Waals surface area contributed by atoms with Crippen LogP contribution in [0.5, 0.6) is 0 Å². The van der Waals surface area contributed by atoms with Gasteiger partial charge in [-0.3, -0.25) is 9.59 Å². The molecule has 0 aliphatic rings. The lowest BCUT2D eigenvalue weighted by atomic mass is 10.1. The predicted octanol–water partition coefficient (Wildman–Crippen LogP) is 1.52. The van der Waals surface area contributed by atoms with Crippen molar-refractivity contribution in [1.82, 2.24) is 10.3 Å². The van der Waals surface area contributed by atoms with Crippen LogP contribution in [0.4, 0.5) is 0 Å². The van der Waals surface area contributed by atoms with Crippen LogP contribution < -0.4 is 5.32 Å². The number of carboxylic acids is 1. The molecular formula is C12H12Cl2N2O5. The van der Waals surface area contributed by atoms with Gasteiger partial charge in [0, 0.05) is 6.42 Å². The number of nitrogens with zero attached hydrogens (tertiary/aromatic N) is 1. The van der Waals surface area contributed by atoms with Crippen molar-refractivity contribution in [3.05, 3.63) is 28.0 Å². The van der Waals surface area contributed by atoms with Crippen molar-refractivity contribution in [1.29, 1.82) is 0 Å². The van der Waals surface area contributed by atoms with E-state index in [1.165, 1.54) is 19.2 Å². The van der Waals surface area contributed by atoms with Crippen molar-refractivity contribution in [2.75, 3.05) is 7.11 Å². The van der Waals surface area contributed by atoms with Gasteiger partial charge in [0.2, 0.25) is 0 Å². The molecule has 0 aliphatic heterocycles. The van der Waals surface area contributed by atoms with Crippen molar-refractivity contribution in [3.8, 4) is 0 Å². The van der Waals surface area contributed by atoms with E-state index in [1.807, 2.05) is 0 Å². The molecule has 0 bridgehead atoms. The number of carbonyl (C=O) groups excluding carboxylic acids is 2. The lowest BCUT2D eigenvalue weighted by Crippen LogP contribution is -2.41. The van der Waals surface area contributed by atoms with Crippen LogP contribution in [0.2, 0.25) is 10.2 Å². The summed E-state index contributed by atoms with van der Waals surface area (Å²) in [6, 6.07) is 1.50. The summed E-state index contributed by atoms with van der Waals surface area (Å²) in [5.74, 6) is -2.65. The van der Waals surface area contributed by atoms with Crippen LogP contribution in [0.15, 0.2) is 12.1 Å². The average molecular weight is 335 g/mol. The maximum atomic E-state index is 12.0. The lowest BCUT2D eigenvalue weighted by molar-refractivity contribution is -0.142. The third-order valence-electron chi connectivity index (χ3n) is 2.50. The third-order valence-corrected chi connectivity index (χ3v) is 3.01. The van der Waals surface area contributed by atoms with Crippen LogP contribution in [0, 0.1) is 0 Å². The molecule has 1 amide bonds. The molecule has 114 valence electrons. The summed E-state index contributed by atoms with van der Waals surface area (Å²) in [7, 11) is 1.19. The fourth-order valence-electron chi connectivity index (χ4n) is 1.43. The Kier molecular flexibility index (Phi) is 6.39. The maximum absolute atomic E-state index is 12.0. The summed E-state index contributed by atoms with van der Waals surface area (Å²) in [4.78, 5) is 37.8. The molecule has 9 heteroatoms. The quantitative estimate of drug-likeness (QED) is 0.603. The topological polar surface area (TPSA) is 106 Å². The second-order valence-corrected chi connectivity index (χ2v) is 4.74. The molecule has 1 aromatic heterocycles. The highest BCUT2D eigenvalue weighted by Gasteiger charge is 2.23.